The summed E-state index contributed by atoms with van der Waals surface area (Å²) in [6.07, 6.45) is 0. The summed E-state index contributed by atoms with van der Waals surface area (Å²) < 4.78 is 12.5. The Morgan fingerprint density at radius 2 is 1.82 bits per heavy atom. The van der Waals surface area contributed by atoms with E-state index in [1.54, 1.807) is 9.47 Å². The maximum Gasteiger partial charge on any atom is 0.576 e. The summed E-state index contributed by atoms with van der Waals surface area (Å²) in [5.41, 5.74) is 0. The number of hydrogen-bond acceptors (Lipinski definition) is 5. The molecule has 0 aromatic heterocycles. The van der Waals surface area contributed by atoms with Crippen LogP contribution in [0.15, 0.2) is 0 Å². The van der Waals surface area contributed by atoms with E-state index in [1.165, 1.54) is 0 Å². The van der Waals surface area contributed by atoms with Gasteiger partial charge in [-0.05, 0) is 9.47 Å². The van der Waals surface area contributed by atoms with Gasteiger partial charge in [0.15, 0.2) is 0 Å². The highest BCUT2D eigenvalue weighted by Crippen LogP contribution is 1.90. The number of rotatable bonds is 4. The van der Waals surface area contributed by atoms with Gasteiger partial charge in [-0.1, -0.05) is 0 Å². The molecule has 0 saturated heterocycles. The highest BCUT2D eigenvalue weighted by molar-refractivity contribution is 7.13. The third kappa shape index (κ3) is 6.29. The van der Waals surface area contributed by atoms with Crippen LogP contribution < -0.4 is 0 Å². The van der Waals surface area contributed by atoms with Crippen molar-refractivity contribution in [1.82, 2.24) is 0 Å². The third-order valence-corrected chi connectivity index (χ3v) is 0.915. The molecule has 0 fully saturated rings. The van der Waals surface area contributed by atoms with Crippen molar-refractivity contribution in [3.05, 3.63) is 0 Å². The maximum absolute atomic E-state index is 10.5. The first-order chi connectivity index (χ1) is 5.20. The summed E-state index contributed by atoms with van der Waals surface area (Å²) in [7, 11) is 4.93. The summed E-state index contributed by atoms with van der Waals surface area (Å²) in [5, 5.41) is 0. The Bertz CT molecular complexity index is 151. The molecule has 0 aliphatic heterocycles. The van der Waals surface area contributed by atoms with Gasteiger partial charge < -0.3 is 13.6 Å². The molecule has 2 unspecified atom stereocenters. The summed E-state index contributed by atoms with van der Waals surface area (Å²) in [5.74, 6) is -1.67. The first kappa shape index (κ1) is 10.9. The van der Waals surface area contributed by atoms with E-state index in [0.29, 0.717) is 7.28 Å². The molecule has 9 heteroatoms. The smallest absolute Gasteiger partial charge is 0.519 e. The van der Waals surface area contributed by atoms with Gasteiger partial charge in [-0.25, -0.2) is 0 Å². The molecule has 0 aromatic carbocycles. The zero-order chi connectivity index (χ0) is 8.69. The minimum Gasteiger partial charge on any atom is -0.519 e. The van der Waals surface area contributed by atoms with Gasteiger partial charge in [0, 0.05) is 0 Å². The van der Waals surface area contributed by atoms with Crippen molar-refractivity contribution in [3.8, 4) is 0 Å². The van der Waals surface area contributed by atoms with Gasteiger partial charge in [0.1, 0.15) is 0 Å². The third-order valence-electron chi connectivity index (χ3n) is 0.572. The van der Waals surface area contributed by atoms with Gasteiger partial charge in [0.05, 0.1) is 9.47 Å². The lowest BCUT2D eigenvalue weighted by Gasteiger charge is -1.97. The summed E-state index contributed by atoms with van der Waals surface area (Å²) in [6.45, 7) is 0. The zero-order valence-electron chi connectivity index (χ0n) is 5.35. The molecule has 0 aromatic rings. The van der Waals surface area contributed by atoms with Gasteiger partial charge in [-0.3, -0.25) is 9.59 Å². The maximum atomic E-state index is 10.5. The Kier molecular flexibility index (Phi) is 6.52. The van der Waals surface area contributed by atoms with Crippen LogP contribution in [0, 0.1) is 0 Å². The van der Waals surface area contributed by atoms with E-state index in [-0.39, 0.29) is 0 Å². The summed E-state index contributed by atoms with van der Waals surface area (Å²) in [4.78, 5) is 20.8. The van der Waals surface area contributed by atoms with Crippen LogP contribution in [-0.4, -0.2) is 26.7 Å². The van der Waals surface area contributed by atoms with Crippen LogP contribution in [0.5, 0.6) is 0 Å². The Morgan fingerprint density at radius 1 is 1.18 bits per heavy atom. The fourth-order valence-electron chi connectivity index (χ4n) is 0.239. The first-order valence-electron chi connectivity index (χ1n) is 2.34. The SMILES string of the molecule is O=C([B]C(=O)O[B]OP)OP. The second-order valence-corrected chi connectivity index (χ2v) is 1.76. The largest absolute Gasteiger partial charge is 0.576 e. The molecule has 2 radical (unpaired) electrons. The van der Waals surface area contributed by atoms with Gasteiger partial charge in [-0.15, -0.1) is 0 Å². The topological polar surface area (TPSA) is 61.8 Å². The number of carbonyl (C=O) groups excluding carboxylic acids is 2. The molecule has 0 amide bonds. The Hall–Kier alpha value is -0.110. The fraction of sp³-hybridized carbons (Fsp3) is 0. The van der Waals surface area contributed by atoms with E-state index in [4.69, 9.17) is 0 Å². The molecule has 11 heavy (non-hydrogen) atoms. The number of hydrogen-bond donors (Lipinski definition) is 0. The monoisotopic (exact) mass is 192 g/mol. The second kappa shape index (κ2) is 6.59. The Labute approximate surface area is 69.6 Å². The molecule has 0 N–H and O–H groups in total. The molecule has 0 heterocycles. The molecule has 2 atom stereocenters. The standard InChI is InChI=1S/C2H4B2O5P2/c5-1(7-4-9-11)3-2(6)8-10/h10-11H2. The van der Waals surface area contributed by atoms with Gasteiger partial charge in [0.25, 0.3) is 5.87 Å². The highest BCUT2D eigenvalue weighted by atomic mass is 31.0. The van der Waals surface area contributed by atoms with Crippen molar-refractivity contribution in [2.45, 2.75) is 0 Å². The lowest BCUT2D eigenvalue weighted by atomic mass is 9.79. The first-order valence-corrected chi connectivity index (χ1v) is 3.28. The molecular formula is C2H4B2O5P2. The van der Waals surface area contributed by atoms with Gasteiger partial charge >= 0.3 is 15.0 Å². The lowest BCUT2D eigenvalue weighted by molar-refractivity contribution is 0.219. The second-order valence-electron chi connectivity index (χ2n) is 1.25. The Balaban J connectivity index is 3.44. The van der Waals surface area contributed by atoms with Crippen molar-refractivity contribution < 1.29 is 23.2 Å². The fourth-order valence-corrected chi connectivity index (χ4v) is 0.363. The molecule has 5 nitrogen and oxygen atoms in total. The van der Waals surface area contributed by atoms with Crippen LogP contribution >= 0.6 is 18.9 Å². The molecule has 0 aliphatic rings. The highest BCUT2D eigenvalue weighted by Gasteiger charge is 2.14. The minimum atomic E-state index is -0.861. The van der Waals surface area contributed by atoms with Crippen molar-refractivity contribution in [2.75, 3.05) is 0 Å². The van der Waals surface area contributed by atoms with Crippen LogP contribution in [0.4, 0.5) is 9.59 Å². The van der Waals surface area contributed by atoms with Crippen LogP contribution in [0.3, 0.4) is 0 Å². The predicted octanol–water partition coefficient (Wildman–Crippen LogP) is 0.0948. The molecule has 58 valence electrons. The normalized spacial score (nSPS) is 8.18. The van der Waals surface area contributed by atoms with E-state index in [9.17, 15) is 9.59 Å². The predicted molar refractivity (Wildman–Crippen MR) is 45.0 cm³/mol. The molecule has 0 spiro atoms. The van der Waals surface area contributed by atoms with Gasteiger partial charge in [0.2, 0.25) is 5.87 Å². The average molecular weight is 192 g/mol. The zero-order valence-corrected chi connectivity index (χ0v) is 7.66. The lowest BCUT2D eigenvalue weighted by Crippen LogP contribution is -2.21. The van der Waals surface area contributed by atoms with Gasteiger partial charge in [-0.2, -0.15) is 0 Å². The van der Waals surface area contributed by atoms with Crippen LogP contribution in [0.1, 0.15) is 0 Å². The average Bonchev–Trinajstić information content (AvgIpc) is 2.00. The quantitative estimate of drug-likeness (QED) is 0.466. The molecule has 0 aliphatic carbocycles. The number of carbonyl (C=O) groups is 2. The summed E-state index contributed by atoms with van der Waals surface area (Å²) >= 11 is 0. The van der Waals surface area contributed by atoms with Crippen molar-refractivity contribution in [2.24, 2.45) is 0 Å². The van der Waals surface area contributed by atoms with Crippen LogP contribution in [0.25, 0.3) is 0 Å². The molecule has 0 saturated carbocycles. The van der Waals surface area contributed by atoms with Crippen LogP contribution in [0.2, 0.25) is 0 Å². The minimum absolute atomic E-state index is 0.632. The molecular weight excluding hydrogens is 188 g/mol. The van der Waals surface area contributed by atoms with Crippen molar-refractivity contribution in [3.63, 3.8) is 0 Å². The van der Waals surface area contributed by atoms with E-state index in [0.717, 1.165) is 7.69 Å². The van der Waals surface area contributed by atoms with Crippen LogP contribution in [-0.2, 0) is 13.6 Å². The van der Waals surface area contributed by atoms with E-state index < -0.39 is 11.7 Å². The van der Waals surface area contributed by atoms with E-state index in [1.807, 2.05) is 9.47 Å². The summed E-state index contributed by atoms with van der Waals surface area (Å²) in [6, 6.07) is 0. The Morgan fingerprint density at radius 3 is 2.27 bits per heavy atom. The van der Waals surface area contributed by atoms with Crippen molar-refractivity contribution in [1.29, 1.82) is 0 Å². The van der Waals surface area contributed by atoms with E-state index in [2.05, 4.69) is 13.6 Å². The van der Waals surface area contributed by atoms with Crippen molar-refractivity contribution >= 4 is 45.6 Å². The van der Waals surface area contributed by atoms with E-state index >= 15 is 0 Å². The molecule has 0 bridgehead atoms. The molecule has 0 rings (SSSR count).